The third kappa shape index (κ3) is 2.31. The van der Waals surface area contributed by atoms with Crippen molar-refractivity contribution in [2.45, 2.75) is 18.9 Å². The summed E-state index contributed by atoms with van der Waals surface area (Å²) in [5.41, 5.74) is 2.56. The third-order valence-electron chi connectivity index (χ3n) is 3.17. The van der Waals surface area contributed by atoms with E-state index in [1.807, 2.05) is 12.1 Å². The largest absolute Gasteiger partial charge is 0.367 e. The summed E-state index contributed by atoms with van der Waals surface area (Å²) in [6.45, 7) is 0. The number of fused-ring (bicyclic) bond motifs is 1. The molecule has 0 spiro atoms. The van der Waals surface area contributed by atoms with E-state index in [4.69, 9.17) is 11.6 Å². The highest BCUT2D eigenvalue weighted by Crippen LogP contribution is 2.26. The Hall–Kier alpha value is -1.61. The second kappa shape index (κ2) is 4.58. The molecule has 0 bridgehead atoms. The normalized spacial score (nSPS) is 17.6. The molecule has 92 valence electrons. The minimum Gasteiger partial charge on any atom is -0.367 e. The van der Waals surface area contributed by atoms with Crippen molar-refractivity contribution >= 4 is 17.4 Å². The number of nitrogens with one attached hydrogen (secondary N) is 1. The Morgan fingerprint density at radius 1 is 1.17 bits per heavy atom. The average molecular weight is 263 g/mol. The molecule has 0 saturated heterocycles. The molecule has 1 atom stereocenters. The highest BCUT2D eigenvalue weighted by Gasteiger charge is 2.21. The molecule has 0 saturated carbocycles. The van der Waals surface area contributed by atoms with Crippen molar-refractivity contribution in [3.05, 3.63) is 58.5 Å². The van der Waals surface area contributed by atoms with Gasteiger partial charge in [-0.25, -0.2) is 4.98 Å². The van der Waals surface area contributed by atoms with Crippen LogP contribution in [0.15, 0.2) is 36.4 Å². The van der Waals surface area contributed by atoms with Gasteiger partial charge < -0.3 is 5.32 Å². The van der Waals surface area contributed by atoms with E-state index in [2.05, 4.69) is 16.4 Å². The van der Waals surface area contributed by atoms with E-state index in [-0.39, 0.29) is 6.04 Å². The van der Waals surface area contributed by atoms with E-state index in [9.17, 15) is 4.39 Å². The zero-order chi connectivity index (χ0) is 12.5. The first-order valence-electron chi connectivity index (χ1n) is 5.87. The van der Waals surface area contributed by atoms with Crippen LogP contribution in [0.2, 0.25) is 5.02 Å². The standard InChI is InChI=1S/C14H12ClFN2/c15-11-5-4-9-7-12(8-10(9)6-11)17-14-3-1-2-13(16)18-14/h1-6,12H,7-8H2,(H,17,18). The predicted molar refractivity (Wildman–Crippen MR) is 70.5 cm³/mol. The molecule has 1 aliphatic carbocycles. The maximum absolute atomic E-state index is 13.0. The summed E-state index contributed by atoms with van der Waals surface area (Å²) in [6, 6.07) is 11.0. The van der Waals surface area contributed by atoms with Gasteiger partial charge in [0.2, 0.25) is 5.95 Å². The summed E-state index contributed by atoms with van der Waals surface area (Å²) in [6.07, 6.45) is 1.82. The minimum absolute atomic E-state index is 0.257. The number of pyridine rings is 1. The summed E-state index contributed by atoms with van der Waals surface area (Å²) >= 11 is 5.97. The Morgan fingerprint density at radius 2 is 2.00 bits per heavy atom. The van der Waals surface area contributed by atoms with Crippen molar-refractivity contribution in [3.63, 3.8) is 0 Å². The third-order valence-corrected chi connectivity index (χ3v) is 3.40. The Morgan fingerprint density at radius 3 is 2.83 bits per heavy atom. The van der Waals surface area contributed by atoms with Gasteiger partial charge >= 0.3 is 0 Å². The van der Waals surface area contributed by atoms with Crippen LogP contribution in [0.3, 0.4) is 0 Å². The summed E-state index contributed by atoms with van der Waals surface area (Å²) in [7, 11) is 0. The molecule has 0 fully saturated rings. The van der Waals surface area contributed by atoms with Crippen molar-refractivity contribution in [2.24, 2.45) is 0 Å². The van der Waals surface area contributed by atoms with E-state index < -0.39 is 5.95 Å². The lowest BCUT2D eigenvalue weighted by Crippen LogP contribution is -2.20. The number of rotatable bonds is 2. The molecule has 2 aromatic rings. The number of hydrogen-bond acceptors (Lipinski definition) is 2. The van der Waals surface area contributed by atoms with Crippen LogP contribution in [0.1, 0.15) is 11.1 Å². The first-order valence-corrected chi connectivity index (χ1v) is 6.25. The molecule has 0 radical (unpaired) electrons. The molecular formula is C14H12ClFN2. The molecule has 0 amide bonds. The Bertz CT molecular complexity index is 586. The van der Waals surface area contributed by atoms with Crippen LogP contribution in [0.25, 0.3) is 0 Å². The highest BCUT2D eigenvalue weighted by molar-refractivity contribution is 6.30. The lowest BCUT2D eigenvalue weighted by molar-refractivity contribution is 0.583. The molecule has 1 N–H and O–H groups in total. The fourth-order valence-corrected chi connectivity index (χ4v) is 2.58. The van der Waals surface area contributed by atoms with Crippen LogP contribution >= 0.6 is 11.6 Å². The average Bonchev–Trinajstić information content (AvgIpc) is 2.70. The van der Waals surface area contributed by atoms with Gasteiger partial charge in [-0.3, -0.25) is 0 Å². The van der Waals surface area contributed by atoms with Crippen molar-refractivity contribution in [1.82, 2.24) is 4.98 Å². The molecule has 18 heavy (non-hydrogen) atoms. The summed E-state index contributed by atoms with van der Waals surface area (Å²) in [5, 5.41) is 4.02. The molecule has 1 aromatic heterocycles. The maximum Gasteiger partial charge on any atom is 0.214 e. The molecule has 1 aliphatic rings. The predicted octanol–water partition coefficient (Wildman–Crippen LogP) is 3.45. The Labute approximate surface area is 110 Å². The molecule has 0 aliphatic heterocycles. The number of nitrogens with zero attached hydrogens (tertiary/aromatic N) is 1. The van der Waals surface area contributed by atoms with Gasteiger partial charge in [0.1, 0.15) is 5.82 Å². The SMILES string of the molecule is Fc1cccc(NC2Cc3ccc(Cl)cc3C2)n1. The van der Waals surface area contributed by atoms with Crippen LogP contribution in [0, 0.1) is 5.95 Å². The minimum atomic E-state index is -0.460. The van der Waals surface area contributed by atoms with Crippen molar-refractivity contribution < 1.29 is 4.39 Å². The summed E-state index contributed by atoms with van der Waals surface area (Å²) in [4.78, 5) is 3.81. The van der Waals surface area contributed by atoms with Gasteiger partial charge in [0.25, 0.3) is 0 Å². The first-order chi connectivity index (χ1) is 8.70. The molecule has 1 aromatic carbocycles. The molecule has 4 heteroatoms. The van der Waals surface area contributed by atoms with Gasteiger partial charge in [-0.05, 0) is 48.2 Å². The zero-order valence-corrected chi connectivity index (χ0v) is 10.4. The fourth-order valence-electron chi connectivity index (χ4n) is 2.39. The molecule has 1 unspecified atom stereocenters. The second-order valence-electron chi connectivity index (χ2n) is 4.51. The Balaban J connectivity index is 1.74. The maximum atomic E-state index is 13.0. The van der Waals surface area contributed by atoms with Crippen LogP contribution in [0.4, 0.5) is 10.2 Å². The van der Waals surface area contributed by atoms with Crippen LogP contribution in [0.5, 0.6) is 0 Å². The van der Waals surface area contributed by atoms with E-state index in [0.717, 1.165) is 17.9 Å². The second-order valence-corrected chi connectivity index (χ2v) is 4.94. The fraction of sp³-hybridized carbons (Fsp3) is 0.214. The van der Waals surface area contributed by atoms with Crippen LogP contribution in [-0.2, 0) is 12.8 Å². The van der Waals surface area contributed by atoms with Crippen molar-refractivity contribution in [3.8, 4) is 0 Å². The summed E-state index contributed by atoms with van der Waals surface area (Å²) in [5.74, 6) is 0.123. The van der Waals surface area contributed by atoms with E-state index >= 15 is 0 Å². The van der Waals surface area contributed by atoms with Crippen LogP contribution in [-0.4, -0.2) is 11.0 Å². The number of halogens is 2. The van der Waals surface area contributed by atoms with Gasteiger partial charge in [-0.15, -0.1) is 0 Å². The number of benzene rings is 1. The molecule has 1 heterocycles. The molecule has 3 rings (SSSR count). The van der Waals surface area contributed by atoms with Gasteiger partial charge in [-0.1, -0.05) is 23.7 Å². The number of anilines is 1. The van der Waals surface area contributed by atoms with Crippen molar-refractivity contribution in [1.29, 1.82) is 0 Å². The van der Waals surface area contributed by atoms with Gasteiger partial charge in [0.05, 0.1) is 0 Å². The molecule has 2 nitrogen and oxygen atoms in total. The lowest BCUT2D eigenvalue weighted by atomic mass is 10.1. The van der Waals surface area contributed by atoms with E-state index in [0.29, 0.717) is 5.82 Å². The quantitative estimate of drug-likeness (QED) is 0.839. The van der Waals surface area contributed by atoms with Gasteiger partial charge in [-0.2, -0.15) is 4.39 Å². The number of hydrogen-bond donors (Lipinski definition) is 1. The van der Waals surface area contributed by atoms with Crippen LogP contribution < -0.4 is 5.32 Å². The number of aromatic nitrogens is 1. The van der Waals surface area contributed by atoms with E-state index in [1.165, 1.54) is 17.2 Å². The smallest absolute Gasteiger partial charge is 0.214 e. The van der Waals surface area contributed by atoms with E-state index in [1.54, 1.807) is 12.1 Å². The first kappa shape index (κ1) is 11.5. The topological polar surface area (TPSA) is 24.9 Å². The monoisotopic (exact) mass is 262 g/mol. The van der Waals surface area contributed by atoms with Gasteiger partial charge in [0, 0.05) is 11.1 Å². The van der Waals surface area contributed by atoms with Crippen molar-refractivity contribution in [2.75, 3.05) is 5.32 Å². The zero-order valence-electron chi connectivity index (χ0n) is 9.66. The highest BCUT2D eigenvalue weighted by atomic mass is 35.5. The molecular weight excluding hydrogens is 251 g/mol. The lowest BCUT2D eigenvalue weighted by Gasteiger charge is -2.12. The Kier molecular flexibility index (Phi) is 2.92. The van der Waals surface area contributed by atoms with Gasteiger partial charge in [0.15, 0.2) is 0 Å². The summed E-state index contributed by atoms with van der Waals surface area (Å²) < 4.78 is 13.0.